The number of aliphatic hydroxyl groups is 1. The molecule has 1 heterocycles. The zero-order chi connectivity index (χ0) is 16.1. The van der Waals surface area contributed by atoms with Crippen LogP contribution in [-0.4, -0.2) is 30.5 Å². The fourth-order valence-electron chi connectivity index (χ4n) is 2.56. The summed E-state index contributed by atoms with van der Waals surface area (Å²) >= 11 is 0. The van der Waals surface area contributed by atoms with Gasteiger partial charge in [-0.3, -0.25) is 4.90 Å². The quantitative estimate of drug-likeness (QED) is 0.943. The number of hydrogen-bond acceptors (Lipinski definition) is 4. The topological polar surface area (TPSA) is 59.0 Å². The van der Waals surface area contributed by atoms with Gasteiger partial charge in [-0.05, 0) is 17.7 Å². The molecule has 3 rings (SSSR count). The van der Waals surface area contributed by atoms with Gasteiger partial charge in [-0.25, -0.2) is 4.79 Å². The Labute approximate surface area is 135 Å². The van der Waals surface area contributed by atoms with Crippen molar-refractivity contribution in [1.82, 2.24) is 0 Å². The summed E-state index contributed by atoms with van der Waals surface area (Å²) in [6, 6.07) is 16.9. The maximum atomic E-state index is 12.5. The number of aliphatic hydroxyl groups excluding tert-OH is 1. The highest BCUT2D eigenvalue weighted by molar-refractivity contribution is 5.90. The molecule has 0 spiro atoms. The van der Waals surface area contributed by atoms with Crippen LogP contribution >= 0.6 is 0 Å². The predicted molar refractivity (Wildman–Crippen MR) is 86.5 cm³/mol. The molecular formula is C18H19NO4. The minimum atomic E-state index is -0.410. The number of carbonyl (C=O) groups excluding carboxylic acids is 1. The number of rotatable bonds is 4. The molecule has 0 saturated heterocycles. The zero-order valence-electron chi connectivity index (χ0n) is 12.7. The van der Waals surface area contributed by atoms with Gasteiger partial charge in [-0.1, -0.05) is 42.5 Å². The highest BCUT2D eigenvalue weighted by atomic mass is 16.6. The highest BCUT2D eigenvalue weighted by Gasteiger charge is 2.30. The van der Waals surface area contributed by atoms with E-state index in [2.05, 4.69) is 0 Å². The van der Waals surface area contributed by atoms with E-state index in [1.807, 2.05) is 54.6 Å². The molecule has 23 heavy (non-hydrogen) atoms. The molecule has 0 radical (unpaired) electrons. The number of ether oxygens (including phenoxy) is 2. The maximum Gasteiger partial charge on any atom is 0.414 e. The van der Waals surface area contributed by atoms with Crippen LogP contribution in [0, 0.1) is 0 Å². The van der Waals surface area contributed by atoms with E-state index in [0.717, 1.165) is 5.56 Å². The summed E-state index contributed by atoms with van der Waals surface area (Å²) in [6.45, 7) is 0.606. The number of fused-ring (bicyclic) bond motifs is 1. The van der Waals surface area contributed by atoms with E-state index in [0.29, 0.717) is 24.4 Å². The average Bonchev–Trinajstić information content (AvgIpc) is 2.60. The van der Waals surface area contributed by atoms with Gasteiger partial charge in [0, 0.05) is 13.0 Å². The first-order valence-electron chi connectivity index (χ1n) is 7.62. The van der Waals surface area contributed by atoms with Crippen molar-refractivity contribution in [3.63, 3.8) is 0 Å². The smallest absolute Gasteiger partial charge is 0.414 e. The maximum absolute atomic E-state index is 12.5. The molecule has 1 atom stereocenters. The number of amides is 1. The van der Waals surface area contributed by atoms with Crippen molar-refractivity contribution in [2.24, 2.45) is 0 Å². The first-order valence-corrected chi connectivity index (χ1v) is 7.62. The summed E-state index contributed by atoms with van der Waals surface area (Å²) in [5.41, 5.74) is 1.63. The Bertz CT molecular complexity index is 659. The van der Waals surface area contributed by atoms with Crippen molar-refractivity contribution in [3.8, 4) is 5.75 Å². The Hall–Kier alpha value is -2.53. The monoisotopic (exact) mass is 313 g/mol. The third-order valence-corrected chi connectivity index (χ3v) is 3.71. The van der Waals surface area contributed by atoms with Gasteiger partial charge in [0.1, 0.15) is 18.5 Å². The van der Waals surface area contributed by atoms with Crippen LogP contribution in [0.15, 0.2) is 54.6 Å². The molecule has 1 aliphatic heterocycles. The molecule has 0 aromatic heterocycles. The standard InChI is InChI=1S/C18H19NO4/c20-11-10-15-12-19(16-8-4-5-9-17(16)23-15)18(21)22-13-14-6-2-1-3-7-14/h1-9,15,20H,10-13H2. The van der Waals surface area contributed by atoms with E-state index < -0.39 is 6.09 Å². The highest BCUT2D eigenvalue weighted by Crippen LogP contribution is 2.34. The summed E-state index contributed by atoms with van der Waals surface area (Å²) in [7, 11) is 0. The molecule has 1 N–H and O–H groups in total. The lowest BCUT2D eigenvalue weighted by atomic mass is 10.1. The van der Waals surface area contributed by atoms with Crippen molar-refractivity contribution >= 4 is 11.8 Å². The molecule has 120 valence electrons. The molecule has 0 aliphatic carbocycles. The summed E-state index contributed by atoms with van der Waals surface area (Å²) in [6.07, 6.45) is -0.178. The molecule has 0 saturated carbocycles. The Morgan fingerprint density at radius 1 is 1.17 bits per heavy atom. The lowest BCUT2D eigenvalue weighted by molar-refractivity contribution is 0.125. The fraction of sp³-hybridized carbons (Fsp3) is 0.278. The van der Waals surface area contributed by atoms with E-state index in [-0.39, 0.29) is 19.3 Å². The van der Waals surface area contributed by atoms with Crippen LogP contribution in [0.1, 0.15) is 12.0 Å². The van der Waals surface area contributed by atoms with Crippen LogP contribution in [0.2, 0.25) is 0 Å². The molecule has 0 fully saturated rings. The summed E-state index contributed by atoms with van der Waals surface area (Å²) in [5.74, 6) is 0.633. The molecule has 5 heteroatoms. The fourth-order valence-corrected chi connectivity index (χ4v) is 2.56. The van der Waals surface area contributed by atoms with Gasteiger partial charge < -0.3 is 14.6 Å². The second-order valence-electron chi connectivity index (χ2n) is 5.37. The Morgan fingerprint density at radius 2 is 1.91 bits per heavy atom. The third kappa shape index (κ3) is 3.63. The zero-order valence-corrected chi connectivity index (χ0v) is 12.7. The molecule has 0 bridgehead atoms. The first-order chi connectivity index (χ1) is 11.3. The molecule has 1 unspecified atom stereocenters. The number of benzene rings is 2. The predicted octanol–water partition coefficient (Wildman–Crippen LogP) is 2.97. The van der Waals surface area contributed by atoms with Gasteiger partial charge >= 0.3 is 6.09 Å². The van der Waals surface area contributed by atoms with Crippen molar-refractivity contribution in [2.75, 3.05) is 18.1 Å². The molecule has 5 nitrogen and oxygen atoms in total. The van der Waals surface area contributed by atoms with Crippen molar-refractivity contribution in [3.05, 3.63) is 60.2 Å². The number of nitrogens with zero attached hydrogens (tertiary/aromatic N) is 1. The van der Waals surface area contributed by atoms with Gasteiger partial charge in [-0.15, -0.1) is 0 Å². The van der Waals surface area contributed by atoms with Crippen molar-refractivity contribution in [1.29, 1.82) is 0 Å². The van der Waals surface area contributed by atoms with Crippen molar-refractivity contribution < 1.29 is 19.4 Å². The van der Waals surface area contributed by atoms with Gasteiger partial charge in [-0.2, -0.15) is 0 Å². The lowest BCUT2D eigenvalue weighted by Crippen LogP contribution is -2.44. The number of para-hydroxylation sites is 2. The SMILES string of the molecule is O=C(OCc1ccccc1)N1CC(CCO)Oc2ccccc21. The first kappa shape index (κ1) is 15.4. The number of carbonyl (C=O) groups is 1. The summed E-state index contributed by atoms with van der Waals surface area (Å²) < 4.78 is 11.2. The van der Waals surface area contributed by atoms with Gasteiger partial charge in [0.25, 0.3) is 0 Å². The molecular weight excluding hydrogens is 294 g/mol. The second-order valence-corrected chi connectivity index (χ2v) is 5.37. The largest absolute Gasteiger partial charge is 0.486 e. The third-order valence-electron chi connectivity index (χ3n) is 3.71. The van der Waals surface area contributed by atoms with E-state index in [9.17, 15) is 4.79 Å². The van der Waals surface area contributed by atoms with Crippen LogP contribution in [-0.2, 0) is 11.3 Å². The van der Waals surface area contributed by atoms with Crippen LogP contribution in [0.25, 0.3) is 0 Å². The van der Waals surface area contributed by atoms with E-state index in [4.69, 9.17) is 14.6 Å². The normalized spacial score (nSPS) is 16.4. The van der Waals surface area contributed by atoms with Crippen LogP contribution in [0.5, 0.6) is 5.75 Å². The Morgan fingerprint density at radius 3 is 2.70 bits per heavy atom. The van der Waals surface area contributed by atoms with E-state index in [1.165, 1.54) is 0 Å². The van der Waals surface area contributed by atoms with Crippen LogP contribution < -0.4 is 9.64 Å². The van der Waals surface area contributed by atoms with Crippen LogP contribution in [0.3, 0.4) is 0 Å². The minimum Gasteiger partial charge on any atom is -0.486 e. The van der Waals surface area contributed by atoms with Gasteiger partial charge in [0.15, 0.2) is 0 Å². The molecule has 2 aromatic carbocycles. The minimum absolute atomic E-state index is 0.0136. The summed E-state index contributed by atoms with van der Waals surface area (Å²) in [5, 5.41) is 9.13. The molecule has 1 amide bonds. The summed E-state index contributed by atoms with van der Waals surface area (Å²) in [4.78, 5) is 14.0. The average molecular weight is 313 g/mol. The van der Waals surface area contributed by atoms with Gasteiger partial charge in [0.05, 0.1) is 12.2 Å². The lowest BCUT2D eigenvalue weighted by Gasteiger charge is -2.34. The number of anilines is 1. The molecule has 1 aliphatic rings. The molecule has 2 aromatic rings. The van der Waals surface area contributed by atoms with Gasteiger partial charge in [0.2, 0.25) is 0 Å². The number of hydrogen-bond donors (Lipinski definition) is 1. The van der Waals surface area contributed by atoms with Crippen molar-refractivity contribution in [2.45, 2.75) is 19.1 Å². The Kier molecular flexibility index (Phi) is 4.78. The second kappa shape index (κ2) is 7.15. The van der Waals surface area contributed by atoms with Crippen LogP contribution in [0.4, 0.5) is 10.5 Å². The van der Waals surface area contributed by atoms with E-state index >= 15 is 0 Å². The van der Waals surface area contributed by atoms with E-state index in [1.54, 1.807) is 4.90 Å². The Balaban J connectivity index is 1.73.